The minimum absolute atomic E-state index is 0.394. The van der Waals surface area contributed by atoms with Gasteiger partial charge in [0.15, 0.2) is 5.09 Å². The van der Waals surface area contributed by atoms with E-state index in [1.807, 2.05) is 42.5 Å². The second-order valence-corrected chi connectivity index (χ2v) is 12.6. The number of rotatable bonds is 6. The van der Waals surface area contributed by atoms with Crippen LogP contribution in [-0.2, 0) is 0 Å². The summed E-state index contributed by atoms with van der Waals surface area (Å²) in [6.07, 6.45) is 8.58. The van der Waals surface area contributed by atoms with E-state index < -0.39 is 6.03 Å². The lowest BCUT2D eigenvalue weighted by Crippen LogP contribution is -2.43. The fourth-order valence-corrected chi connectivity index (χ4v) is 8.14. The lowest BCUT2D eigenvalue weighted by Gasteiger charge is -2.54. The zero-order valence-electron chi connectivity index (χ0n) is 19.6. The number of nitrogens with one attached hydrogen (secondary N) is 2. The Morgan fingerprint density at radius 3 is 2.33 bits per heavy atom. The first-order valence-electron chi connectivity index (χ1n) is 12.4. The lowest BCUT2D eigenvalue weighted by atomic mass is 9.51. The van der Waals surface area contributed by atoms with E-state index in [2.05, 4.69) is 43.9 Å². The molecule has 0 spiro atoms. The van der Waals surface area contributed by atoms with Crippen molar-refractivity contribution in [1.82, 2.24) is 5.43 Å². The van der Waals surface area contributed by atoms with Gasteiger partial charge in [-0.3, -0.25) is 0 Å². The fourth-order valence-electron chi connectivity index (χ4n) is 6.68. The summed E-state index contributed by atoms with van der Waals surface area (Å²) < 4.78 is 6.63. The van der Waals surface area contributed by atoms with Crippen LogP contribution < -0.4 is 10.7 Å². The third kappa shape index (κ3) is 5.24. The molecule has 0 atom stereocenters. The Hall–Kier alpha value is -2.22. The van der Waals surface area contributed by atoms with Crippen LogP contribution in [0.25, 0.3) is 0 Å². The highest BCUT2D eigenvalue weighted by Crippen LogP contribution is 2.59. The number of anilines is 1. The largest absolute Gasteiger partial charge is 0.447 e. The topological polar surface area (TPSA) is 66.6 Å². The van der Waals surface area contributed by atoms with Crippen LogP contribution in [0.15, 0.2) is 78.6 Å². The van der Waals surface area contributed by atoms with Crippen molar-refractivity contribution >= 4 is 57.2 Å². The Balaban J connectivity index is 1.02. The molecule has 0 unspecified atom stereocenters. The summed E-state index contributed by atoms with van der Waals surface area (Å²) in [5.74, 6) is 4.88. The number of halogens is 2. The first-order chi connectivity index (χ1) is 17.5. The Kier molecular flexibility index (Phi) is 6.88. The number of benzene rings is 2. The van der Waals surface area contributed by atoms with E-state index in [1.54, 1.807) is 0 Å². The number of amides is 2. The SMILES string of the molecule is O=C(N/N=C/c1cc(Br)c(Sc2ccc(Cl)cc2)o1)Nc1ccc(C2C3CC4CC(C3)CC2C4)cc1. The molecule has 4 aliphatic carbocycles. The molecule has 2 N–H and O–H groups in total. The average molecular weight is 585 g/mol. The number of furan rings is 1. The average Bonchev–Trinajstić information content (AvgIpc) is 3.19. The molecular formula is C28H27BrClN3O2S. The van der Waals surface area contributed by atoms with E-state index in [9.17, 15) is 4.79 Å². The Bertz CT molecular complexity index is 1250. The van der Waals surface area contributed by atoms with E-state index >= 15 is 0 Å². The summed E-state index contributed by atoms with van der Waals surface area (Å²) in [6, 6.07) is 17.4. The molecule has 7 rings (SSSR count). The molecule has 5 nitrogen and oxygen atoms in total. The maximum Gasteiger partial charge on any atom is 0.339 e. The molecule has 4 saturated carbocycles. The normalized spacial score (nSPS) is 26.4. The highest BCUT2D eigenvalue weighted by molar-refractivity contribution is 9.10. The molecule has 3 aromatic rings. The summed E-state index contributed by atoms with van der Waals surface area (Å²) in [6.45, 7) is 0. The Labute approximate surface area is 228 Å². The van der Waals surface area contributed by atoms with Crippen LogP contribution in [0.1, 0.15) is 49.3 Å². The molecule has 4 aliphatic rings. The van der Waals surface area contributed by atoms with Gasteiger partial charge >= 0.3 is 6.03 Å². The van der Waals surface area contributed by atoms with Crippen molar-refractivity contribution in [2.45, 2.75) is 48.0 Å². The molecule has 1 aromatic heterocycles. The molecular weight excluding hydrogens is 558 g/mol. The first-order valence-corrected chi connectivity index (χ1v) is 14.4. The van der Waals surface area contributed by atoms with Gasteiger partial charge in [-0.05, 0) is 120 Å². The number of hydrogen-bond acceptors (Lipinski definition) is 4. The molecule has 0 aliphatic heterocycles. The number of urea groups is 1. The molecule has 0 radical (unpaired) electrons. The zero-order chi connectivity index (χ0) is 24.6. The molecule has 186 valence electrons. The summed E-state index contributed by atoms with van der Waals surface area (Å²) in [5.41, 5.74) is 4.70. The quantitative estimate of drug-likeness (QED) is 0.225. The monoisotopic (exact) mass is 583 g/mol. The van der Waals surface area contributed by atoms with Crippen LogP contribution in [0.3, 0.4) is 0 Å². The van der Waals surface area contributed by atoms with E-state index in [4.69, 9.17) is 16.0 Å². The second kappa shape index (κ2) is 10.3. The van der Waals surface area contributed by atoms with Crippen molar-refractivity contribution in [3.63, 3.8) is 0 Å². The van der Waals surface area contributed by atoms with Crippen LogP contribution in [-0.4, -0.2) is 12.2 Å². The number of hydrogen-bond donors (Lipinski definition) is 2. The number of carbonyl (C=O) groups excluding carboxylic acids is 1. The van der Waals surface area contributed by atoms with Crippen LogP contribution in [0.5, 0.6) is 0 Å². The van der Waals surface area contributed by atoms with Crippen LogP contribution in [0.2, 0.25) is 5.02 Å². The van der Waals surface area contributed by atoms with Crippen LogP contribution >= 0.6 is 39.3 Å². The fraction of sp³-hybridized carbons (Fsp3) is 0.357. The zero-order valence-corrected chi connectivity index (χ0v) is 22.8. The minimum Gasteiger partial charge on any atom is -0.447 e. The van der Waals surface area contributed by atoms with Gasteiger partial charge in [-0.15, -0.1) is 0 Å². The van der Waals surface area contributed by atoms with Crippen LogP contribution in [0, 0.1) is 23.7 Å². The molecule has 2 aromatic carbocycles. The minimum atomic E-state index is -0.394. The van der Waals surface area contributed by atoms with Crippen molar-refractivity contribution in [1.29, 1.82) is 0 Å². The van der Waals surface area contributed by atoms with Crippen molar-refractivity contribution in [2.24, 2.45) is 28.8 Å². The third-order valence-corrected chi connectivity index (χ3v) is 9.94. The summed E-state index contributed by atoms with van der Waals surface area (Å²) in [5, 5.41) is 8.27. The molecule has 4 bridgehead atoms. The molecule has 8 heteroatoms. The smallest absolute Gasteiger partial charge is 0.339 e. The van der Waals surface area contributed by atoms with Gasteiger partial charge in [0, 0.05) is 21.7 Å². The van der Waals surface area contributed by atoms with E-state index in [-0.39, 0.29) is 0 Å². The van der Waals surface area contributed by atoms with Crippen LogP contribution in [0.4, 0.5) is 10.5 Å². The number of nitrogens with zero attached hydrogens (tertiary/aromatic N) is 1. The predicted molar refractivity (Wildman–Crippen MR) is 148 cm³/mol. The van der Waals surface area contributed by atoms with E-state index in [0.717, 1.165) is 38.7 Å². The van der Waals surface area contributed by atoms with Crippen molar-refractivity contribution in [2.75, 3.05) is 5.32 Å². The number of carbonyl (C=O) groups is 1. The molecule has 0 saturated heterocycles. The molecule has 1 heterocycles. The van der Waals surface area contributed by atoms with Gasteiger partial charge in [0.05, 0.1) is 10.7 Å². The van der Waals surface area contributed by atoms with Gasteiger partial charge in [0.2, 0.25) is 0 Å². The number of hydrazone groups is 1. The third-order valence-electron chi connectivity index (χ3n) is 7.84. The first kappa shape index (κ1) is 24.1. The van der Waals surface area contributed by atoms with Gasteiger partial charge in [0.1, 0.15) is 5.76 Å². The van der Waals surface area contributed by atoms with Gasteiger partial charge < -0.3 is 9.73 Å². The maximum absolute atomic E-state index is 12.3. The highest BCUT2D eigenvalue weighted by Gasteiger charge is 2.48. The summed E-state index contributed by atoms with van der Waals surface area (Å²) in [7, 11) is 0. The summed E-state index contributed by atoms with van der Waals surface area (Å²) in [4.78, 5) is 13.3. The molecule has 4 fully saturated rings. The maximum atomic E-state index is 12.3. The predicted octanol–water partition coefficient (Wildman–Crippen LogP) is 8.54. The van der Waals surface area contributed by atoms with E-state index in [0.29, 0.717) is 21.8 Å². The van der Waals surface area contributed by atoms with Crippen molar-refractivity contribution in [3.05, 3.63) is 75.4 Å². The molecule has 36 heavy (non-hydrogen) atoms. The lowest BCUT2D eigenvalue weighted by molar-refractivity contribution is -0.00277. The molecule has 2 amide bonds. The Morgan fingerprint density at radius 1 is 1.00 bits per heavy atom. The Morgan fingerprint density at radius 2 is 1.67 bits per heavy atom. The van der Waals surface area contributed by atoms with Gasteiger partial charge in [-0.1, -0.05) is 35.5 Å². The van der Waals surface area contributed by atoms with Gasteiger partial charge in [-0.25, -0.2) is 10.2 Å². The van der Waals surface area contributed by atoms with Gasteiger partial charge in [0.25, 0.3) is 0 Å². The summed E-state index contributed by atoms with van der Waals surface area (Å²) >= 11 is 10.9. The second-order valence-electron chi connectivity index (χ2n) is 10.2. The standard InChI is InChI=1S/C28H27BrClN3O2S/c29-25-14-23(35-27(25)36-24-7-3-21(30)4-8-24)15-31-33-28(34)32-22-5-1-18(2-6-22)26-19-10-16-9-17(12-19)13-20(26)11-16/h1-8,14-17,19-20,26H,9-13H2,(H2,32,33,34)/b31-15+. The van der Waals surface area contributed by atoms with E-state index in [1.165, 1.54) is 55.6 Å². The highest BCUT2D eigenvalue weighted by atomic mass is 79.9. The van der Waals surface area contributed by atoms with Gasteiger partial charge in [-0.2, -0.15) is 5.10 Å². The van der Waals surface area contributed by atoms with Crippen molar-refractivity contribution < 1.29 is 9.21 Å². The van der Waals surface area contributed by atoms with Crippen molar-refractivity contribution in [3.8, 4) is 0 Å².